The molecule has 0 saturated carbocycles. The number of nitrogens with one attached hydrogen (secondary N) is 1. The molecule has 2 aromatic carbocycles. The summed E-state index contributed by atoms with van der Waals surface area (Å²) < 4.78 is 5.64. The first kappa shape index (κ1) is 22.6. The van der Waals surface area contributed by atoms with Crippen molar-refractivity contribution in [1.82, 2.24) is 19.6 Å². The Morgan fingerprint density at radius 1 is 1.09 bits per heavy atom. The molecule has 3 aliphatic rings. The Labute approximate surface area is 203 Å². The van der Waals surface area contributed by atoms with Crippen molar-refractivity contribution in [3.63, 3.8) is 0 Å². The molecule has 0 radical (unpaired) electrons. The number of rotatable bonds is 8. The zero-order valence-corrected chi connectivity index (χ0v) is 20.4. The van der Waals surface area contributed by atoms with E-state index in [9.17, 15) is 0 Å². The second kappa shape index (κ2) is 9.95. The Morgan fingerprint density at radius 2 is 1.85 bits per heavy atom. The third-order valence-electron chi connectivity index (χ3n) is 6.87. The van der Waals surface area contributed by atoms with Gasteiger partial charge in [0.05, 0.1) is 31.2 Å². The maximum Gasteiger partial charge on any atom is 0.249 e. The number of aromatic nitrogens is 2. The van der Waals surface area contributed by atoms with Crippen LogP contribution >= 0.6 is 23.1 Å². The van der Waals surface area contributed by atoms with Crippen molar-refractivity contribution in [1.29, 1.82) is 0 Å². The maximum absolute atomic E-state index is 6.52. The fraction of sp³-hybridized carbons (Fsp3) is 0.417. The van der Waals surface area contributed by atoms with Gasteiger partial charge in [0.25, 0.3) is 0 Å². The van der Waals surface area contributed by atoms with Crippen molar-refractivity contribution >= 4 is 34.0 Å². The van der Waals surface area contributed by atoms with Gasteiger partial charge in [-0.3, -0.25) is 4.90 Å². The third-order valence-corrected chi connectivity index (χ3v) is 7.77. The molecular weight excluding hydrogens is 454 g/mol. The van der Waals surface area contributed by atoms with Crippen LogP contribution in [0.15, 0.2) is 58.8 Å². The number of nitrogens with zero attached hydrogens (tertiary/aromatic N) is 6. The molecule has 0 spiro atoms. The lowest BCUT2D eigenvalue weighted by atomic mass is 10.1. The summed E-state index contributed by atoms with van der Waals surface area (Å²) in [4.78, 5) is 7.04. The number of hydrogen-bond acceptors (Lipinski definition) is 7. The first-order valence-corrected chi connectivity index (χ1v) is 12.7. The van der Waals surface area contributed by atoms with Gasteiger partial charge in [0.15, 0.2) is 5.82 Å². The maximum atomic E-state index is 6.52. The Kier molecular flexibility index (Phi) is 6.80. The van der Waals surface area contributed by atoms with Crippen LogP contribution in [0.1, 0.15) is 18.5 Å². The number of fused-ring (bicyclic) bond motifs is 3. The molecule has 3 aromatic rings. The summed E-state index contributed by atoms with van der Waals surface area (Å²) in [6, 6.07) is 16.1. The molecule has 6 rings (SSSR count). The molecule has 2 bridgehead atoms. The van der Waals surface area contributed by atoms with E-state index in [1.165, 1.54) is 61.8 Å². The number of halogens is 1. The average molecular weight is 483 g/mol. The van der Waals surface area contributed by atoms with E-state index in [4.69, 9.17) is 11.6 Å². The van der Waals surface area contributed by atoms with Crippen molar-refractivity contribution < 1.29 is 4.48 Å². The van der Waals surface area contributed by atoms with Crippen molar-refractivity contribution in [3.8, 4) is 11.4 Å². The minimum atomic E-state index is 0.231. The predicted molar refractivity (Wildman–Crippen MR) is 134 cm³/mol. The van der Waals surface area contributed by atoms with Gasteiger partial charge in [-0.2, -0.15) is 9.36 Å². The van der Waals surface area contributed by atoms with Crippen LogP contribution in [0.3, 0.4) is 0 Å². The quantitative estimate of drug-likeness (QED) is 0.359. The summed E-state index contributed by atoms with van der Waals surface area (Å²) in [7, 11) is 0. The number of benzene rings is 2. The summed E-state index contributed by atoms with van der Waals surface area (Å²) >= 11 is 7.75. The summed E-state index contributed by atoms with van der Waals surface area (Å²) in [6.07, 6.45) is 0. The van der Waals surface area contributed by atoms with E-state index in [2.05, 4.69) is 42.8 Å². The van der Waals surface area contributed by atoms with E-state index < -0.39 is 0 Å². The van der Waals surface area contributed by atoms with Gasteiger partial charge in [-0.25, -0.2) is 0 Å². The lowest BCUT2D eigenvalue weighted by molar-refractivity contribution is -0.939. The van der Waals surface area contributed by atoms with Gasteiger partial charge in [-0.05, 0) is 24.6 Å². The van der Waals surface area contributed by atoms with Gasteiger partial charge in [-0.1, -0.05) is 48.0 Å². The molecule has 3 fully saturated rings. The van der Waals surface area contributed by atoms with Gasteiger partial charge < -0.3 is 9.80 Å². The highest BCUT2D eigenvalue weighted by atomic mass is 35.5. The normalized spacial score (nSPS) is 23.3. The summed E-state index contributed by atoms with van der Waals surface area (Å²) in [5, 5.41) is 13.3. The van der Waals surface area contributed by atoms with Crippen LogP contribution in [0, 0.1) is 0 Å². The third kappa shape index (κ3) is 5.31. The molecule has 7 nitrogen and oxygen atoms in total. The number of hydrogen-bond donors (Lipinski definition) is 1. The fourth-order valence-electron chi connectivity index (χ4n) is 4.63. The summed E-state index contributed by atoms with van der Waals surface area (Å²) in [6.45, 7) is 12.1. The van der Waals surface area contributed by atoms with Crippen LogP contribution in [-0.4, -0.2) is 71.1 Å². The van der Waals surface area contributed by atoms with E-state index >= 15 is 0 Å². The van der Waals surface area contributed by atoms with Crippen LogP contribution in [0.5, 0.6) is 0 Å². The van der Waals surface area contributed by atoms with Gasteiger partial charge >= 0.3 is 0 Å². The van der Waals surface area contributed by atoms with E-state index in [-0.39, 0.29) is 6.04 Å². The Morgan fingerprint density at radius 3 is 2.58 bits per heavy atom. The zero-order chi connectivity index (χ0) is 22.7. The minimum Gasteiger partial charge on any atom is -0.319 e. The lowest BCUT2D eigenvalue weighted by Crippen LogP contribution is -2.68. The second-order valence-electron chi connectivity index (χ2n) is 8.93. The van der Waals surface area contributed by atoms with Crippen molar-refractivity contribution in [2.45, 2.75) is 13.0 Å². The molecule has 4 heterocycles. The van der Waals surface area contributed by atoms with E-state index in [1.54, 1.807) is 0 Å². The van der Waals surface area contributed by atoms with E-state index in [0.29, 0.717) is 21.7 Å². The van der Waals surface area contributed by atoms with Crippen molar-refractivity contribution in [2.75, 3.05) is 52.4 Å². The Hall–Kier alpha value is -2.23. The molecule has 9 heteroatoms. The standard InChI is InChI=1S/C24H29ClN7S/c1-18(26-9-13-32-14-10-31(11-15-32)12-16-32)20-7-8-22(21(25)17-20)28-29-24-27-23(30-33-24)19-5-3-2-4-6-19/h2-8,17-18,26H,9-16H2,1H3/q+1. The highest BCUT2D eigenvalue weighted by Gasteiger charge is 2.37. The molecule has 0 aliphatic carbocycles. The predicted octanol–water partition coefficient (Wildman–Crippen LogP) is 5.07. The van der Waals surface area contributed by atoms with Crippen LogP contribution < -0.4 is 5.32 Å². The SMILES string of the molecule is CC(NCC[N+]12CCN(CC1)CC2)c1ccc(N=Nc2nc(-c3ccccc3)ns2)c(Cl)c1. The highest BCUT2D eigenvalue weighted by Crippen LogP contribution is 2.31. The molecule has 0 amide bonds. The van der Waals surface area contributed by atoms with Crippen LogP contribution in [0.25, 0.3) is 11.4 Å². The van der Waals surface area contributed by atoms with Crippen LogP contribution in [0.2, 0.25) is 5.02 Å². The van der Waals surface area contributed by atoms with Crippen LogP contribution in [-0.2, 0) is 0 Å². The molecular formula is C24H29ClN7S+. The van der Waals surface area contributed by atoms with Gasteiger partial charge in [-0.15, -0.1) is 10.2 Å². The molecule has 1 aromatic heterocycles. The largest absolute Gasteiger partial charge is 0.319 e. The van der Waals surface area contributed by atoms with Crippen molar-refractivity contribution in [3.05, 3.63) is 59.1 Å². The molecule has 1 atom stereocenters. The molecule has 172 valence electrons. The topological polar surface area (TPSA) is 65.8 Å². The highest BCUT2D eigenvalue weighted by molar-refractivity contribution is 7.09. The van der Waals surface area contributed by atoms with Crippen LogP contribution in [0.4, 0.5) is 10.8 Å². The minimum absolute atomic E-state index is 0.231. The molecule has 1 unspecified atom stereocenters. The molecule has 33 heavy (non-hydrogen) atoms. The summed E-state index contributed by atoms with van der Waals surface area (Å²) in [5.74, 6) is 0.660. The van der Waals surface area contributed by atoms with E-state index in [1.807, 2.05) is 42.5 Å². The summed E-state index contributed by atoms with van der Waals surface area (Å²) in [5.41, 5.74) is 2.75. The lowest BCUT2D eigenvalue weighted by Gasteiger charge is -2.50. The van der Waals surface area contributed by atoms with Gasteiger partial charge in [0.1, 0.15) is 5.69 Å². The number of piperazine rings is 3. The Balaban J connectivity index is 1.17. The second-order valence-corrected chi connectivity index (χ2v) is 10.1. The number of quaternary nitrogens is 1. The Bertz CT molecular complexity index is 1100. The smallest absolute Gasteiger partial charge is 0.249 e. The van der Waals surface area contributed by atoms with E-state index in [0.717, 1.165) is 17.7 Å². The first-order valence-electron chi connectivity index (χ1n) is 11.5. The van der Waals surface area contributed by atoms with Gasteiger partial charge in [0.2, 0.25) is 5.13 Å². The zero-order valence-electron chi connectivity index (χ0n) is 18.8. The van der Waals surface area contributed by atoms with Gasteiger partial charge in [0, 0.05) is 49.3 Å². The molecule has 3 saturated heterocycles. The van der Waals surface area contributed by atoms with Crippen molar-refractivity contribution in [2.24, 2.45) is 10.2 Å². The number of azo groups is 1. The average Bonchev–Trinajstić information content (AvgIpc) is 3.34. The monoisotopic (exact) mass is 482 g/mol. The molecule has 3 aliphatic heterocycles. The fourth-order valence-corrected chi connectivity index (χ4v) is 5.38. The molecule has 1 N–H and O–H groups in total. The first-order chi connectivity index (χ1) is 16.1.